The molecule has 2 nitrogen and oxygen atoms in total. The van der Waals surface area contributed by atoms with Crippen molar-refractivity contribution in [3.05, 3.63) is 22.4 Å². The summed E-state index contributed by atoms with van der Waals surface area (Å²) in [6, 6.07) is 3.68. The molecular formula is C5H6BrNO. The maximum Gasteiger partial charge on any atom is 0.0831 e. The van der Waals surface area contributed by atoms with Gasteiger partial charge in [0, 0.05) is 5.69 Å². The third-order valence-electron chi connectivity index (χ3n) is 0.881. The van der Waals surface area contributed by atoms with Gasteiger partial charge in [-0.05, 0) is 28.1 Å². The molecule has 0 aromatic carbocycles. The van der Waals surface area contributed by atoms with Gasteiger partial charge in [0.1, 0.15) is 0 Å². The predicted molar refractivity (Wildman–Crippen MR) is 34.4 cm³/mol. The molecule has 2 N–H and O–H groups in total. The highest BCUT2D eigenvalue weighted by Gasteiger charge is 1.89. The molecule has 0 aliphatic heterocycles. The fraction of sp³-hybridized carbons (Fsp3) is 0.200. The Bertz CT molecular complexity index is 173. The minimum absolute atomic E-state index is 0.0750. The van der Waals surface area contributed by atoms with Crippen LogP contribution in [0, 0.1) is 0 Å². The molecule has 0 amide bonds. The molecule has 1 aromatic rings. The number of aliphatic hydroxyl groups is 1. The molecule has 0 unspecified atom stereocenters. The first-order valence-electron chi connectivity index (χ1n) is 2.27. The standard InChI is InChI=1S/C5H6BrNO/c6-5-2-1-4(3-8)7-5/h1-2,7-8H,3H2. The summed E-state index contributed by atoms with van der Waals surface area (Å²) in [5.74, 6) is 0. The second-order valence-electron chi connectivity index (χ2n) is 1.49. The molecular weight excluding hydrogens is 170 g/mol. The second kappa shape index (κ2) is 2.33. The van der Waals surface area contributed by atoms with Gasteiger partial charge in [0.2, 0.25) is 0 Å². The van der Waals surface area contributed by atoms with E-state index in [2.05, 4.69) is 20.9 Å². The number of aromatic nitrogens is 1. The van der Waals surface area contributed by atoms with Crippen LogP contribution in [0.25, 0.3) is 0 Å². The van der Waals surface area contributed by atoms with Crippen molar-refractivity contribution in [3.63, 3.8) is 0 Å². The molecule has 44 valence electrons. The molecule has 1 aromatic heterocycles. The van der Waals surface area contributed by atoms with Crippen molar-refractivity contribution in [2.45, 2.75) is 6.61 Å². The smallest absolute Gasteiger partial charge is 0.0831 e. The number of hydrogen-bond acceptors (Lipinski definition) is 1. The van der Waals surface area contributed by atoms with Gasteiger partial charge in [0.25, 0.3) is 0 Å². The van der Waals surface area contributed by atoms with Crippen molar-refractivity contribution in [2.24, 2.45) is 0 Å². The lowest BCUT2D eigenvalue weighted by Crippen LogP contribution is -1.78. The highest BCUT2D eigenvalue weighted by atomic mass is 79.9. The van der Waals surface area contributed by atoms with E-state index in [-0.39, 0.29) is 6.61 Å². The topological polar surface area (TPSA) is 36.0 Å². The highest BCUT2D eigenvalue weighted by molar-refractivity contribution is 9.10. The van der Waals surface area contributed by atoms with Crippen LogP contribution in [0.1, 0.15) is 5.69 Å². The predicted octanol–water partition coefficient (Wildman–Crippen LogP) is 1.27. The Morgan fingerprint density at radius 1 is 1.62 bits per heavy atom. The van der Waals surface area contributed by atoms with Crippen LogP contribution in [0.5, 0.6) is 0 Å². The van der Waals surface area contributed by atoms with Gasteiger partial charge in [-0.1, -0.05) is 0 Å². The molecule has 0 atom stereocenters. The summed E-state index contributed by atoms with van der Waals surface area (Å²) in [6.45, 7) is 0.0750. The fourth-order valence-corrected chi connectivity index (χ4v) is 0.890. The summed E-state index contributed by atoms with van der Waals surface area (Å²) in [6.07, 6.45) is 0. The van der Waals surface area contributed by atoms with Crippen molar-refractivity contribution in [1.82, 2.24) is 4.98 Å². The lowest BCUT2D eigenvalue weighted by Gasteiger charge is -1.83. The molecule has 0 bridgehead atoms. The van der Waals surface area contributed by atoms with Crippen molar-refractivity contribution in [1.29, 1.82) is 0 Å². The third kappa shape index (κ3) is 1.11. The molecule has 0 radical (unpaired) electrons. The Kier molecular flexibility index (Phi) is 1.70. The Morgan fingerprint density at radius 3 is 2.62 bits per heavy atom. The zero-order chi connectivity index (χ0) is 5.98. The van der Waals surface area contributed by atoms with Crippen molar-refractivity contribution in [2.75, 3.05) is 0 Å². The van der Waals surface area contributed by atoms with E-state index in [1.54, 1.807) is 0 Å². The molecule has 0 saturated carbocycles. The van der Waals surface area contributed by atoms with Gasteiger partial charge >= 0.3 is 0 Å². The number of rotatable bonds is 1. The lowest BCUT2D eigenvalue weighted by molar-refractivity contribution is 0.277. The summed E-state index contributed by atoms with van der Waals surface area (Å²) in [4.78, 5) is 2.89. The Hall–Kier alpha value is -0.280. The average Bonchev–Trinajstić information content (AvgIpc) is 2.14. The molecule has 0 fully saturated rings. The number of H-pyrrole nitrogens is 1. The van der Waals surface area contributed by atoms with Gasteiger partial charge in [-0.3, -0.25) is 0 Å². The zero-order valence-electron chi connectivity index (χ0n) is 4.19. The van der Waals surface area contributed by atoms with Crippen molar-refractivity contribution < 1.29 is 5.11 Å². The minimum Gasteiger partial charge on any atom is -0.390 e. The molecule has 0 aliphatic rings. The van der Waals surface area contributed by atoms with Gasteiger partial charge in [-0.2, -0.15) is 0 Å². The van der Waals surface area contributed by atoms with Crippen LogP contribution in [0.3, 0.4) is 0 Å². The van der Waals surface area contributed by atoms with E-state index in [0.29, 0.717) is 0 Å². The molecule has 3 heteroatoms. The number of aliphatic hydroxyl groups excluding tert-OH is 1. The maximum atomic E-state index is 8.50. The van der Waals surface area contributed by atoms with E-state index in [1.165, 1.54) is 0 Å². The summed E-state index contributed by atoms with van der Waals surface area (Å²) in [5, 5.41) is 8.50. The van der Waals surface area contributed by atoms with Gasteiger partial charge in [-0.25, -0.2) is 0 Å². The van der Waals surface area contributed by atoms with Crippen molar-refractivity contribution >= 4 is 15.9 Å². The van der Waals surface area contributed by atoms with Gasteiger partial charge in [0.05, 0.1) is 11.2 Å². The summed E-state index contributed by atoms with van der Waals surface area (Å²) >= 11 is 3.21. The quantitative estimate of drug-likeness (QED) is 0.663. The summed E-state index contributed by atoms with van der Waals surface area (Å²) in [7, 11) is 0. The van der Waals surface area contributed by atoms with E-state index in [0.717, 1.165) is 10.3 Å². The first kappa shape index (κ1) is 5.85. The first-order valence-corrected chi connectivity index (χ1v) is 3.06. The fourth-order valence-electron chi connectivity index (χ4n) is 0.503. The molecule has 1 rings (SSSR count). The molecule has 0 spiro atoms. The number of nitrogens with one attached hydrogen (secondary N) is 1. The number of aromatic amines is 1. The largest absolute Gasteiger partial charge is 0.390 e. The van der Waals surface area contributed by atoms with Crippen LogP contribution >= 0.6 is 15.9 Å². The van der Waals surface area contributed by atoms with Crippen LogP contribution in [0.15, 0.2) is 16.7 Å². The number of halogens is 1. The van der Waals surface area contributed by atoms with E-state index < -0.39 is 0 Å². The average molecular weight is 176 g/mol. The van der Waals surface area contributed by atoms with Crippen LogP contribution in [-0.4, -0.2) is 10.1 Å². The Labute approximate surface area is 55.7 Å². The van der Waals surface area contributed by atoms with E-state index in [1.807, 2.05) is 12.1 Å². The second-order valence-corrected chi connectivity index (χ2v) is 2.34. The maximum absolute atomic E-state index is 8.50. The Balaban J connectivity index is 2.84. The van der Waals surface area contributed by atoms with Gasteiger partial charge in [0.15, 0.2) is 0 Å². The number of hydrogen-bond donors (Lipinski definition) is 2. The van der Waals surface area contributed by atoms with Crippen LogP contribution in [-0.2, 0) is 6.61 Å². The highest BCUT2D eigenvalue weighted by Crippen LogP contribution is 2.07. The lowest BCUT2D eigenvalue weighted by atomic mass is 10.5. The molecule has 0 saturated heterocycles. The molecule has 1 heterocycles. The van der Waals surface area contributed by atoms with Crippen LogP contribution < -0.4 is 0 Å². The van der Waals surface area contributed by atoms with Crippen molar-refractivity contribution in [3.8, 4) is 0 Å². The third-order valence-corrected chi connectivity index (χ3v) is 1.34. The van der Waals surface area contributed by atoms with Gasteiger partial charge in [-0.15, -0.1) is 0 Å². The Morgan fingerprint density at radius 2 is 2.38 bits per heavy atom. The normalized spacial score (nSPS) is 9.75. The SMILES string of the molecule is OCc1ccc(Br)[nH]1. The molecule has 8 heavy (non-hydrogen) atoms. The van der Waals surface area contributed by atoms with Crippen LogP contribution in [0.2, 0.25) is 0 Å². The summed E-state index contributed by atoms with van der Waals surface area (Å²) < 4.78 is 0.904. The molecule has 0 aliphatic carbocycles. The monoisotopic (exact) mass is 175 g/mol. The zero-order valence-corrected chi connectivity index (χ0v) is 5.77. The van der Waals surface area contributed by atoms with Gasteiger partial charge < -0.3 is 10.1 Å². The van der Waals surface area contributed by atoms with E-state index in [9.17, 15) is 0 Å². The first-order chi connectivity index (χ1) is 3.83. The van der Waals surface area contributed by atoms with E-state index >= 15 is 0 Å². The van der Waals surface area contributed by atoms with E-state index in [4.69, 9.17) is 5.11 Å². The summed E-state index contributed by atoms with van der Waals surface area (Å²) in [5.41, 5.74) is 0.830. The minimum atomic E-state index is 0.0750. The van der Waals surface area contributed by atoms with Crippen LogP contribution in [0.4, 0.5) is 0 Å².